The van der Waals surface area contributed by atoms with E-state index in [4.69, 9.17) is 4.74 Å². The van der Waals surface area contributed by atoms with E-state index in [0.717, 1.165) is 23.7 Å². The van der Waals surface area contributed by atoms with Gasteiger partial charge in [0.15, 0.2) is 5.13 Å². The minimum absolute atomic E-state index is 0.0545. The molecule has 1 amide bonds. The first-order chi connectivity index (χ1) is 12.7. The van der Waals surface area contributed by atoms with Crippen LogP contribution in [0.4, 0.5) is 0 Å². The Morgan fingerprint density at radius 2 is 2.04 bits per heavy atom. The number of likely N-dealkylation sites (tertiary alicyclic amines) is 1. The SMILES string of the molecule is Cc1nc(-n2cccc2)sc1C(=O)N1CCC(Oc2ccncn2)CC1. The molecule has 0 N–H and O–H groups in total. The number of nitrogens with zero attached hydrogens (tertiary/aromatic N) is 5. The van der Waals surface area contributed by atoms with Gasteiger partial charge >= 0.3 is 0 Å². The molecule has 4 heterocycles. The van der Waals surface area contributed by atoms with Crippen LogP contribution in [0.25, 0.3) is 5.13 Å². The van der Waals surface area contributed by atoms with E-state index in [9.17, 15) is 4.79 Å². The highest BCUT2D eigenvalue weighted by atomic mass is 32.1. The third-order valence-corrected chi connectivity index (χ3v) is 5.54. The fourth-order valence-electron chi connectivity index (χ4n) is 2.99. The van der Waals surface area contributed by atoms with Crippen molar-refractivity contribution in [3.63, 3.8) is 0 Å². The van der Waals surface area contributed by atoms with Gasteiger partial charge in [-0.2, -0.15) is 0 Å². The van der Waals surface area contributed by atoms with Crippen molar-refractivity contribution in [1.29, 1.82) is 0 Å². The Balaban J connectivity index is 1.39. The van der Waals surface area contributed by atoms with Crippen LogP contribution < -0.4 is 4.74 Å². The van der Waals surface area contributed by atoms with Crippen LogP contribution in [0, 0.1) is 6.92 Å². The molecule has 3 aromatic heterocycles. The molecule has 0 atom stereocenters. The van der Waals surface area contributed by atoms with Gasteiger partial charge in [-0.3, -0.25) is 4.79 Å². The van der Waals surface area contributed by atoms with E-state index in [2.05, 4.69) is 15.0 Å². The van der Waals surface area contributed by atoms with Crippen molar-refractivity contribution in [2.45, 2.75) is 25.9 Å². The number of rotatable bonds is 4. The van der Waals surface area contributed by atoms with Gasteiger partial charge in [0.1, 0.15) is 17.3 Å². The summed E-state index contributed by atoms with van der Waals surface area (Å²) >= 11 is 1.43. The molecule has 8 heteroatoms. The summed E-state index contributed by atoms with van der Waals surface area (Å²) in [6, 6.07) is 5.64. The zero-order valence-electron chi connectivity index (χ0n) is 14.4. The third-order valence-electron chi connectivity index (χ3n) is 4.38. The molecule has 1 aliphatic rings. The van der Waals surface area contributed by atoms with Gasteiger partial charge in [0.25, 0.3) is 5.91 Å². The molecular weight excluding hydrogens is 350 g/mol. The van der Waals surface area contributed by atoms with Crippen LogP contribution in [0.5, 0.6) is 5.88 Å². The molecule has 1 fully saturated rings. The van der Waals surface area contributed by atoms with Gasteiger partial charge in [0, 0.05) is 50.6 Å². The number of ether oxygens (including phenoxy) is 1. The largest absolute Gasteiger partial charge is 0.474 e. The molecule has 0 saturated carbocycles. The van der Waals surface area contributed by atoms with Gasteiger partial charge in [-0.05, 0) is 19.1 Å². The third kappa shape index (κ3) is 3.45. The van der Waals surface area contributed by atoms with E-state index in [1.54, 1.807) is 12.3 Å². The average Bonchev–Trinajstić information content (AvgIpc) is 3.32. The molecule has 7 nitrogen and oxygen atoms in total. The zero-order chi connectivity index (χ0) is 17.9. The molecule has 0 unspecified atom stereocenters. The predicted octanol–water partition coefficient (Wildman–Crippen LogP) is 2.72. The van der Waals surface area contributed by atoms with Gasteiger partial charge in [-0.25, -0.2) is 15.0 Å². The van der Waals surface area contributed by atoms with Crippen molar-refractivity contribution in [1.82, 2.24) is 24.4 Å². The molecule has 0 bridgehead atoms. The predicted molar refractivity (Wildman–Crippen MR) is 97.8 cm³/mol. The Hall–Kier alpha value is -2.74. The maximum absolute atomic E-state index is 12.9. The van der Waals surface area contributed by atoms with E-state index in [1.807, 2.05) is 40.9 Å². The molecular formula is C18H19N5O2S. The van der Waals surface area contributed by atoms with Crippen molar-refractivity contribution in [3.8, 4) is 11.0 Å². The number of aromatic nitrogens is 4. The van der Waals surface area contributed by atoms with Crippen LogP contribution in [0.1, 0.15) is 28.2 Å². The van der Waals surface area contributed by atoms with E-state index in [1.165, 1.54) is 17.7 Å². The molecule has 134 valence electrons. The Kier molecular flexibility index (Phi) is 4.66. The second kappa shape index (κ2) is 7.25. The van der Waals surface area contributed by atoms with E-state index < -0.39 is 0 Å². The van der Waals surface area contributed by atoms with Crippen molar-refractivity contribution in [2.24, 2.45) is 0 Å². The lowest BCUT2D eigenvalue weighted by Crippen LogP contribution is -2.41. The van der Waals surface area contributed by atoms with Gasteiger partial charge in [-0.1, -0.05) is 11.3 Å². The molecule has 4 rings (SSSR count). The number of hydrogen-bond donors (Lipinski definition) is 0. The smallest absolute Gasteiger partial charge is 0.265 e. The number of hydrogen-bond acceptors (Lipinski definition) is 6. The Morgan fingerprint density at radius 1 is 1.27 bits per heavy atom. The molecule has 0 aliphatic carbocycles. The van der Waals surface area contributed by atoms with Crippen LogP contribution >= 0.6 is 11.3 Å². The van der Waals surface area contributed by atoms with Crippen molar-refractivity contribution in [3.05, 3.63) is 53.7 Å². The van der Waals surface area contributed by atoms with Crippen LogP contribution in [0.2, 0.25) is 0 Å². The van der Waals surface area contributed by atoms with Crippen LogP contribution in [-0.4, -0.2) is 49.5 Å². The number of carbonyl (C=O) groups excluding carboxylic acids is 1. The second-order valence-corrected chi connectivity index (χ2v) is 7.14. The van der Waals surface area contributed by atoms with Gasteiger partial charge in [0.05, 0.1) is 5.69 Å². The summed E-state index contributed by atoms with van der Waals surface area (Å²) in [5, 5.41) is 0.817. The van der Waals surface area contributed by atoms with Gasteiger partial charge in [-0.15, -0.1) is 0 Å². The summed E-state index contributed by atoms with van der Waals surface area (Å²) in [4.78, 5) is 28.0. The van der Waals surface area contributed by atoms with Crippen molar-refractivity contribution < 1.29 is 9.53 Å². The first-order valence-corrected chi connectivity index (χ1v) is 9.35. The Morgan fingerprint density at radius 3 is 2.73 bits per heavy atom. The summed E-state index contributed by atoms with van der Waals surface area (Å²) in [5.74, 6) is 0.637. The quantitative estimate of drug-likeness (QED) is 0.707. The fourth-order valence-corrected chi connectivity index (χ4v) is 3.99. The fraction of sp³-hybridized carbons (Fsp3) is 0.333. The molecule has 0 radical (unpaired) electrons. The summed E-state index contributed by atoms with van der Waals surface area (Å²) in [6.45, 7) is 3.23. The molecule has 3 aromatic rings. The monoisotopic (exact) mass is 369 g/mol. The van der Waals surface area contributed by atoms with Crippen LogP contribution in [0.15, 0.2) is 43.1 Å². The Bertz CT molecular complexity index is 870. The van der Waals surface area contributed by atoms with E-state index >= 15 is 0 Å². The van der Waals surface area contributed by atoms with Gasteiger partial charge in [0.2, 0.25) is 5.88 Å². The summed E-state index contributed by atoms with van der Waals surface area (Å²) in [7, 11) is 0. The number of carbonyl (C=O) groups is 1. The van der Waals surface area contributed by atoms with E-state index in [-0.39, 0.29) is 12.0 Å². The normalized spacial score (nSPS) is 15.2. The lowest BCUT2D eigenvalue weighted by molar-refractivity contribution is 0.0591. The first-order valence-electron chi connectivity index (χ1n) is 8.53. The highest BCUT2D eigenvalue weighted by Crippen LogP contribution is 2.25. The molecule has 1 saturated heterocycles. The van der Waals surface area contributed by atoms with E-state index in [0.29, 0.717) is 23.8 Å². The molecule has 0 spiro atoms. The molecule has 0 aromatic carbocycles. The molecule has 1 aliphatic heterocycles. The topological polar surface area (TPSA) is 73.1 Å². The van der Waals surface area contributed by atoms with Crippen LogP contribution in [0.3, 0.4) is 0 Å². The molecule has 26 heavy (non-hydrogen) atoms. The number of amides is 1. The summed E-state index contributed by atoms with van der Waals surface area (Å²) < 4.78 is 7.79. The van der Waals surface area contributed by atoms with Crippen molar-refractivity contribution in [2.75, 3.05) is 13.1 Å². The minimum Gasteiger partial charge on any atom is -0.474 e. The van der Waals surface area contributed by atoms with Crippen LogP contribution in [-0.2, 0) is 0 Å². The van der Waals surface area contributed by atoms with Gasteiger partial charge < -0.3 is 14.2 Å². The average molecular weight is 369 g/mol. The summed E-state index contributed by atoms with van der Waals surface area (Å²) in [6.07, 6.45) is 8.66. The summed E-state index contributed by atoms with van der Waals surface area (Å²) in [5.41, 5.74) is 0.781. The maximum Gasteiger partial charge on any atom is 0.265 e. The lowest BCUT2D eigenvalue weighted by atomic mass is 10.1. The Labute approximate surface area is 155 Å². The number of piperidine rings is 1. The maximum atomic E-state index is 12.9. The highest BCUT2D eigenvalue weighted by Gasteiger charge is 2.27. The zero-order valence-corrected chi connectivity index (χ0v) is 15.2. The first kappa shape index (κ1) is 16.7. The highest BCUT2D eigenvalue weighted by molar-refractivity contribution is 7.16. The standard InChI is InChI=1S/C18H19N5O2S/c1-13-16(26-18(21-13)23-8-2-3-9-23)17(24)22-10-5-14(6-11-22)25-15-4-7-19-12-20-15/h2-4,7-9,12,14H,5-6,10-11H2,1H3. The van der Waals surface area contributed by atoms with Crippen molar-refractivity contribution >= 4 is 17.2 Å². The second-order valence-electron chi connectivity index (χ2n) is 6.16. The minimum atomic E-state index is 0.0545. The lowest BCUT2D eigenvalue weighted by Gasteiger charge is -2.31. The number of thiazole rings is 1. The number of aryl methyl sites for hydroxylation is 1.